The van der Waals surface area contributed by atoms with Crippen molar-refractivity contribution < 1.29 is 24.0 Å². The number of non-ortho nitro benzene ring substituents is 1. The van der Waals surface area contributed by atoms with Gasteiger partial charge in [0.1, 0.15) is 0 Å². The molecule has 1 saturated heterocycles. The van der Waals surface area contributed by atoms with Gasteiger partial charge in [-0.25, -0.2) is 0 Å². The molecule has 1 heterocycles. The number of nitro benzene ring substituents is 1. The van der Waals surface area contributed by atoms with Crippen LogP contribution in [0.1, 0.15) is 6.42 Å². The maximum absolute atomic E-state index is 12.3. The minimum atomic E-state index is -0.766. The van der Waals surface area contributed by atoms with Crippen LogP contribution in [0, 0.1) is 16.0 Å². The molecule has 1 N–H and O–H groups in total. The number of amides is 2. The first-order chi connectivity index (χ1) is 14.3. The minimum Gasteiger partial charge on any atom is -0.455 e. The Morgan fingerprint density at radius 1 is 1.23 bits per heavy atom. The zero-order valence-corrected chi connectivity index (χ0v) is 16.9. The fraction of sp³-hybridized carbons (Fsp3) is 0.211. The Kier molecular flexibility index (Phi) is 6.53. The molecule has 2 amide bonds. The van der Waals surface area contributed by atoms with E-state index in [2.05, 4.69) is 5.32 Å². The van der Waals surface area contributed by atoms with Gasteiger partial charge in [-0.1, -0.05) is 35.3 Å². The van der Waals surface area contributed by atoms with Crippen LogP contribution in [0.15, 0.2) is 42.5 Å². The molecule has 3 rings (SSSR count). The number of hydrogen-bond donors (Lipinski definition) is 1. The minimum absolute atomic E-state index is 0.0459. The molecule has 2 aromatic carbocycles. The van der Waals surface area contributed by atoms with Crippen molar-refractivity contribution >= 4 is 58.0 Å². The summed E-state index contributed by atoms with van der Waals surface area (Å²) in [4.78, 5) is 48.1. The summed E-state index contributed by atoms with van der Waals surface area (Å²) >= 11 is 12.1. The number of nitrogens with zero attached hydrogens (tertiary/aromatic N) is 2. The molecule has 0 spiro atoms. The molecule has 0 radical (unpaired) electrons. The van der Waals surface area contributed by atoms with Crippen LogP contribution in [0.4, 0.5) is 17.1 Å². The number of rotatable bonds is 6. The molecule has 0 bridgehead atoms. The van der Waals surface area contributed by atoms with Crippen LogP contribution in [0.5, 0.6) is 0 Å². The molecule has 0 aliphatic carbocycles. The number of anilines is 2. The molecule has 0 unspecified atom stereocenters. The van der Waals surface area contributed by atoms with Crippen molar-refractivity contribution in [1.29, 1.82) is 0 Å². The molecule has 1 aliphatic rings. The van der Waals surface area contributed by atoms with Crippen molar-refractivity contribution in [3.05, 3.63) is 62.6 Å². The largest absolute Gasteiger partial charge is 0.455 e. The Labute approximate surface area is 180 Å². The van der Waals surface area contributed by atoms with Crippen LogP contribution in [0.3, 0.4) is 0 Å². The second-order valence-electron chi connectivity index (χ2n) is 6.44. The van der Waals surface area contributed by atoms with Crippen molar-refractivity contribution in [1.82, 2.24) is 0 Å². The van der Waals surface area contributed by atoms with E-state index in [1.54, 1.807) is 18.2 Å². The molecule has 11 heteroatoms. The predicted molar refractivity (Wildman–Crippen MR) is 110 cm³/mol. The van der Waals surface area contributed by atoms with Gasteiger partial charge in [0.2, 0.25) is 5.91 Å². The molecule has 0 aromatic heterocycles. The number of benzene rings is 2. The highest BCUT2D eigenvalue weighted by Crippen LogP contribution is 2.35. The first kappa shape index (κ1) is 21.5. The van der Waals surface area contributed by atoms with Crippen molar-refractivity contribution in [3.63, 3.8) is 0 Å². The zero-order chi connectivity index (χ0) is 21.8. The fourth-order valence-corrected chi connectivity index (χ4v) is 3.35. The summed E-state index contributed by atoms with van der Waals surface area (Å²) < 4.78 is 5.00. The van der Waals surface area contributed by atoms with Gasteiger partial charge >= 0.3 is 5.97 Å². The van der Waals surface area contributed by atoms with Gasteiger partial charge in [0.05, 0.1) is 26.6 Å². The Hall–Kier alpha value is -3.17. The first-order valence-corrected chi connectivity index (χ1v) is 9.47. The molecular weight excluding hydrogens is 437 g/mol. The molecule has 30 heavy (non-hydrogen) atoms. The normalized spacial score (nSPS) is 15.7. The SMILES string of the molecule is O=C(COC(=O)[C@@H]1CC(=O)N(c2cccc(Cl)c2Cl)C1)Nc1cccc([N+](=O)[O-])c1. The van der Waals surface area contributed by atoms with E-state index in [1.165, 1.54) is 29.2 Å². The quantitative estimate of drug-likeness (QED) is 0.408. The topological polar surface area (TPSA) is 119 Å². The molecule has 1 atom stereocenters. The second kappa shape index (κ2) is 9.10. The van der Waals surface area contributed by atoms with E-state index in [0.29, 0.717) is 5.69 Å². The lowest BCUT2D eigenvalue weighted by Gasteiger charge is -2.18. The van der Waals surface area contributed by atoms with Gasteiger partial charge in [-0.3, -0.25) is 24.5 Å². The molecule has 9 nitrogen and oxygen atoms in total. The van der Waals surface area contributed by atoms with Crippen LogP contribution >= 0.6 is 23.2 Å². The van der Waals surface area contributed by atoms with Gasteiger partial charge in [0.25, 0.3) is 11.6 Å². The number of nitrogens with one attached hydrogen (secondary N) is 1. The van der Waals surface area contributed by atoms with E-state index in [-0.39, 0.29) is 40.3 Å². The lowest BCUT2D eigenvalue weighted by Crippen LogP contribution is -2.28. The number of nitro groups is 1. The Morgan fingerprint density at radius 2 is 1.97 bits per heavy atom. The lowest BCUT2D eigenvalue weighted by molar-refractivity contribution is -0.384. The highest BCUT2D eigenvalue weighted by Gasteiger charge is 2.37. The summed E-state index contributed by atoms with van der Waals surface area (Å²) in [5, 5.41) is 13.7. The predicted octanol–water partition coefficient (Wildman–Crippen LogP) is 3.44. The van der Waals surface area contributed by atoms with Gasteiger partial charge in [-0.05, 0) is 18.2 Å². The van der Waals surface area contributed by atoms with Crippen LogP contribution in [-0.2, 0) is 19.1 Å². The van der Waals surface area contributed by atoms with Crippen molar-refractivity contribution in [2.24, 2.45) is 5.92 Å². The van der Waals surface area contributed by atoms with Gasteiger partial charge in [-0.2, -0.15) is 0 Å². The third-order valence-electron chi connectivity index (χ3n) is 4.37. The Bertz CT molecular complexity index is 1030. The zero-order valence-electron chi connectivity index (χ0n) is 15.3. The number of carbonyl (C=O) groups excluding carboxylic acids is 3. The second-order valence-corrected chi connectivity index (χ2v) is 7.23. The number of esters is 1. The number of carbonyl (C=O) groups is 3. The Balaban J connectivity index is 1.56. The molecule has 1 fully saturated rings. The molecule has 0 saturated carbocycles. The van der Waals surface area contributed by atoms with E-state index in [1.807, 2.05) is 0 Å². The van der Waals surface area contributed by atoms with Gasteiger partial charge in [-0.15, -0.1) is 0 Å². The van der Waals surface area contributed by atoms with Crippen LogP contribution in [0.2, 0.25) is 10.0 Å². The summed E-state index contributed by atoms with van der Waals surface area (Å²) in [7, 11) is 0. The van der Waals surface area contributed by atoms with Gasteiger partial charge < -0.3 is 15.0 Å². The van der Waals surface area contributed by atoms with E-state index in [0.717, 1.165) is 0 Å². The van der Waals surface area contributed by atoms with E-state index in [4.69, 9.17) is 27.9 Å². The Morgan fingerprint density at radius 3 is 2.70 bits per heavy atom. The average Bonchev–Trinajstić information content (AvgIpc) is 3.10. The molecule has 2 aromatic rings. The highest BCUT2D eigenvalue weighted by atomic mass is 35.5. The van der Waals surface area contributed by atoms with Gasteiger partial charge in [0, 0.05) is 30.8 Å². The van der Waals surface area contributed by atoms with Gasteiger partial charge in [0.15, 0.2) is 6.61 Å². The third kappa shape index (κ3) is 4.87. The monoisotopic (exact) mass is 451 g/mol. The third-order valence-corrected chi connectivity index (χ3v) is 5.18. The van der Waals surface area contributed by atoms with Crippen LogP contribution < -0.4 is 10.2 Å². The summed E-state index contributed by atoms with van der Waals surface area (Å²) in [5.74, 6) is -2.46. The van der Waals surface area contributed by atoms with Crippen molar-refractivity contribution in [2.75, 3.05) is 23.4 Å². The molecular formula is C19H15Cl2N3O6. The van der Waals surface area contributed by atoms with Crippen molar-refractivity contribution in [2.45, 2.75) is 6.42 Å². The lowest BCUT2D eigenvalue weighted by atomic mass is 10.1. The average molecular weight is 452 g/mol. The smallest absolute Gasteiger partial charge is 0.311 e. The number of halogens is 2. The fourth-order valence-electron chi connectivity index (χ4n) is 2.95. The number of ether oxygens (including phenoxy) is 1. The summed E-state index contributed by atoms with van der Waals surface area (Å²) in [6.07, 6.45) is -0.0891. The van der Waals surface area contributed by atoms with Crippen LogP contribution in [0.25, 0.3) is 0 Å². The summed E-state index contributed by atoms with van der Waals surface area (Å²) in [5.41, 5.74) is 0.407. The number of hydrogen-bond acceptors (Lipinski definition) is 6. The maximum Gasteiger partial charge on any atom is 0.311 e. The van der Waals surface area contributed by atoms with E-state index in [9.17, 15) is 24.5 Å². The van der Waals surface area contributed by atoms with Crippen LogP contribution in [-0.4, -0.2) is 35.9 Å². The summed E-state index contributed by atoms with van der Waals surface area (Å²) in [6, 6.07) is 10.2. The van der Waals surface area contributed by atoms with E-state index < -0.39 is 29.3 Å². The first-order valence-electron chi connectivity index (χ1n) is 8.71. The standard InChI is InChI=1S/C19H15Cl2N3O6/c20-14-5-2-6-15(18(14)21)23-9-11(7-17(23)26)19(27)30-10-16(25)22-12-3-1-4-13(8-12)24(28)29/h1-6,8,11H,7,9-10H2,(H,22,25)/t11-/m1/s1. The summed E-state index contributed by atoms with van der Waals surface area (Å²) in [6.45, 7) is -0.547. The molecule has 156 valence electrons. The molecule has 1 aliphatic heterocycles. The maximum atomic E-state index is 12.3. The van der Waals surface area contributed by atoms with E-state index >= 15 is 0 Å². The van der Waals surface area contributed by atoms with Crippen molar-refractivity contribution in [3.8, 4) is 0 Å². The highest BCUT2D eigenvalue weighted by molar-refractivity contribution is 6.44.